The molecular weight excluding hydrogens is 300 g/mol. The maximum atomic E-state index is 12.3. The van der Waals surface area contributed by atoms with Gasteiger partial charge in [-0.15, -0.1) is 0 Å². The van der Waals surface area contributed by atoms with Crippen molar-refractivity contribution in [3.63, 3.8) is 0 Å². The van der Waals surface area contributed by atoms with E-state index in [0.717, 1.165) is 5.56 Å². The minimum Gasteiger partial charge on any atom is -0.481 e. The summed E-state index contributed by atoms with van der Waals surface area (Å²) in [5.74, 6) is -3.18. The topological polar surface area (TPSA) is 101 Å². The van der Waals surface area contributed by atoms with E-state index >= 15 is 0 Å². The summed E-state index contributed by atoms with van der Waals surface area (Å²) in [7, 11) is 1.38. The van der Waals surface area contributed by atoms with E-state index in [1.165, 1.54) is 7.11 Å². The quantitative estimate of drug-likeness (QED) is 0.639. The molecule has 0 amide bonds. The number of hydrogen-bond acceptors (Lipinski definition) is 4. The molecule has 1 rings (SSSR count). The highest BCUT2D eigenvalue weighted by Gasteiger charge is 2.45. The molecule has 0 radical (unpaired) electrons. The van der Waals surface area contributed by atoms with Crippen LogP contribution >= 0.6 is 0 Å². The van der Waals surface area contributed by atoms with Crippen LogP contribution in [0.1, 0.15) is 18.4 Å². The van der Waals surface area contributed by atoms with E-state index in [1.807, 2.05) is 0 Å². The predicted molar refractivity (Wildman–Crippen MR) is 83.1 cm³/mol. The number of Topliss-reactive ketones (excluding diaryl/α,β-unsaturated/α-hetero) is 1. The molecule has 0 saturated heterocycles. The minimum atomic E-state index is -1.87. The van der Waals surface area contributed by atoms with Crippen LogP contribution < -0.4 is 0 Å². The van der Waals surface area contributed by atoms with E-state index in [0.29, 0.717) is 0 Å². The molecule has 0 aliphatic rings. The average molecular weight is 320 g/mol. The zero-order chi connectivity index (χ0) is 17.5. The van der Waals surface area contributed by atoms with Crippen LogP contribution in [-0.2, 0) is 25.5 Å². The van der Waals surface area contributed by atoms with Crippen LogP contribution in [0, 0.1) is 5.41 Å². The number of benzene rings is 1. The van der Waals surface area contributed by atoms with Crippen molar-refractivity contribution >= 4 is 17.7 Å². The van der Waals surface area contributed by atoms with Crippen molar-refractivity contribution < 1.29 is 29.3 Å². The maximum absolute atomic E-state index is 12.3. The molecule has 0 aliphatic carbocycles. The number of rotatable bonds is 10. The highest BCUT2D eigenvalue weighted by atomic mass is 16.5. The molecule has 0 aliphatic heterocycles. The molecule has 6 heteroatoms. The maximum Gasteiger partial charge on any atom is 0.332 e. The van der Waals surface area contributed by atoms with Gasteiger partial charge in [0.25, 0.3) is 0 Å². The Morgan fingerprint density at radius 1 is 1.17 bits per heavy atom. The van der Waals surface area contributed by atoms with E-state index in [1.54, 1.807) is 30.3 Å². The molecule has 1 aromatic carbocycles. The first-order chi connectivity index (χ1) is 10.8. The molecule has 1 atom stereocenters. The Hall–Kier alpha value is -2.47. The van der Waals surface area contributed by atoms with Crippen LogP contribution in [0.2, 0.25) is 0 Å². The van der Waals surface area contributed by atoms with Gasteiger partial charge in [0.2, 0.25) is 0 Å². The molecule has 23 heavy (non-hydrogen) atoms. The van der Waals surface area contributed by atoms with Crippen LogP contribution in [0.3, 0.4) is 0 Å². The highest BCUT2D eigenvalue weighted by Crippen LogP contribution is 2.36. The van der Waals surface area contributed by atoms with Gasteiger partial charge in [-0.3, -0.25) is 9.59 Å². The second-order valence-electron chi connectivity index (χ2n) is 5.29. The zero-order valence-electron chi connectivity index (χ0n) is 12.9. The second-order valence-corrected chi connectivity index (χ2v) is 5.29. The number of carboxylic acid groups (broad SMARTS) is 2. The lowest BCUT2D eigenvalue weighted by molar-refractivity contribution is -0.153. The molecule has 0 fully saturated rings. The number of hydrogen-bond donors (Lipinski definition) is 2. The number of aliphatic carboxylic acids is 2. The van der Waals surface area contributed by atoms with Gasteiger partial charge in [-0.2, -0.15) is 0 Å². The van der Waals surface area contributed by atoms with Gasteiger partial charge in [0.05, 0.1) is 0 Å². The molecule has 0 heterocycles. The standard InChI is InChI=1S/C17H20O6/c1-12(15(19)20)17(16(21)22,8-9-23-2)11-14(18)10-13-6-4-3-5-7-13/h3-7H,1,8-11H2,2H3,(H,19,20)(H,21,22). The third-order valence-electron chi connectivity index (χ3n) is 3.72. The second kappa shape index (κ2) is 8.24. The predicted octanol–water partition coefficient (Wildman–Crippen LogP) is 1.94. The minimum absolute atomic E-state index is 0.0111. The van der Waals surface area contributed by atoms with Crippen molar-refractivity contribution in [2.24, 2.45) is 5.41 Å². The number of ketones is 1. The van der Waals surface area contributed by atoms with Gasteiger partial charge in [-0.05, 0) is 12.0 Å². The fraction of sp³-hybridized carbons (Fsp3) is 0.353. The molecule has 2 N–H and O–H groups in total. The first-order valence-corrected chi connectivity index (χ1v) is 7.04. The monoisotopic (exact) mass is 320 g/mol. The van der Waals surface area contributed by atoms with Crippen LogP contribution in [0.4, 0.5) is 0 Å². The summed E-state index contributed by atoms with van der Waals surface area (Å²) >= 11 is 0. The van der Waals surface area contributed by atoms with Gasteiger partial charge in [-0.1, -0.05) is 36.9 Å². The Kier molecular flexibility index (Phi) is 6.65. The molecule has 1 aromatic rings. The number of methoxy groups -OCH3 is 1. The lowest BCUT2D eigenvalue weighted by Gasteiger charge is -2.28. The van der Waals surface area contributed by atoms with Crippen LogP contribution in [0.15, 0.2) is 42.5 Å². The van der Waals surface area contributed by atoms with Gasteiger partial charge in [0.15, 0.2) is 0 Å². The third-order valence-corrected chi connectivity index (χ3v) is 3.72. The first-order valence-electron chi connectivity index (χ1n) is 7.04. The van der Waals surface area contributed by atoms with Crippen molar-refractivity contribution in [1.29, 1.82) is 0 Å². The number of ether oxygens (including phenoxy) is 1. The fourth-order valence-corrected chi connectivity index (χ4v) is 2.36. The SMILES string of the molecule is C=C(C(=O)O)C(CCOC)(CC(=O)Cc1ccccc1)C(=O)O. The molecule has 0 aromatic heterocycles. The molecule has 0 bridgehead atoms. The van der Waals surface area contributed by atoms with Crippen molar-refractivity contribution in [2.75, 3.05) is 13.7 Å². The van der Waals surface area contributed by atoms with Crippen LogP contribution in [0.5, 0.6) is 0 Å². The van der Waals surface area contributed by atoms with Gasteiger partial charge < -0.3 is 14.9 Å². The van der Waals surface area contributed by atoms with E-state index in [-0.39, 0.29) is 25.2 Å². The first kappa shape index (κ1) is 18.6. The molecule has 0 spiro atoms. The van der Waals surface area contributed by atoms with Crippen molar-refractivity contribution in [2.45, 2.75) is 19.3 Å². The number of carbonyl (C=O) groups is 3. The summed E-state index contributed by atoms with van der Waals surface area (Å²) < 4.78 is 4.87. The van der Waals surface area contributed by atoms with Gasteiger partial charge in [0.1, 0.15) is 11.2 Å². The Morgan fingerprint density at radius 3 is 2.26 bits per heavy atom. The molecule has 6 nitrogen and oxygen atoms in total. The molecule has 0 saturated carbocycles. The Labute approximate surface area is 134 Å². The normalized spacial score (nSPS) is 13.1. The van der Waals surface area contributed by atoms with Crippen LogP contribution in [0.25, 0.3) is 0 Å². The van der Waals surface area contributed by atoms with Crippen molar-refractivity contribution in [1.82, 2.24) is 0 Å². The summed E-state index contributed by atoms with van der Waals surface area (Å²) in [4.78, 5) is 35.3. The van der Waals surface area contributed by atoms with Crippen LogP contribution in [-0.4, -0.2) is 41.7 Å². The van der Waals surface area contributed by atoms with Gasteiger partial charge in [0, 0.05) is 32.1 Å². The van der Waals surface area contributed by atoms with Gasteiger partial charge in [-0.25, -0.2) is 4.79 Å². The summed E-state index contributed by atoms with van der Waals surface area (Å²) in [5, 5.41) is 18.7. The smallest absolute Gasteiger partial charge is 0.332 e. The highest BCUT2D eigenvalue weighted by molar-refractivity contribution is 5.99. The van der Waals surface area contributed by atoms with E-state index in [9.17, 15) is 19.5 Å². The van der Waals surface area contributed by atoms with Crippen molar-refractivity contribution in [3.8, 4) is 0 Å². The fourth-order valence-electron chi connectivity index (χ4n) is 2.36. The Morgan fingerprint density at radius 2 is 1.78 bits per heavy atom. The van der Waals surface area contributed by atoms with E-state index in [4.69, 9.17) is 9.84 Å². The average Bonchev–Trinajstić information content (AvgIpc) is 2.51. The summed E-state index contributed by atoms with van der Waals surface area (Å²) in [5.41, 5.74) is -1.64. The summed E-state index contributed by atoms with van der Waals surface area (Å²) in [6.07, 6.45) is -0.536. The number of carbonyl (C=O) groups excluding carboxylic acids is 1. The molecule has 124 valence electrons. The lowest BCUT2D eigenvalue weighted by atomic mass is 9.73. The largest absolute Gasteiger partial charge is 0.481 e. The Balaban J connectivity index is 3.03. The molecule has 1 unspecified atom stereocenters. The molecular formula is C17H20O6. The zero-order valence-corrected chi connectivity index (χ0v) is 12.9. The summed E-state index contributed by atoms with van der Waals surface area (Å²) in [6, 6.07) is 8.85. The van der Waals surface area contributed by atoms with Gasteiger partial charge >= 0.3 is 11.9 Å². The Bertz CT molecular complexity index is 592. The lowest BCUT2D eigenvalue weighted by Crippen LogP contribution is -2.39. The third kappa shape index (κ3) is 4.75. The van der Waals surface area contributed by atoms with Crippen molar-refractivity contribution in [3.05, 3.63) is 48.0 Å². The van der Waals surface area contributed by atoms with E-state index in [2.05, 4.69) is 6.58 Å². The summed E-state index contributed by atoms with van der Waals surface area (Å²) in [6.45, 7) is 3.38. The number of carboxylic acids is 2. The van der Waals surface area contributed by atoms with E-state index < -0.39 is 29.3 Å².